The maximum absolute atomic E-state index is 2.49. The molecule has 0 saturated heterocycles. The van der Waals surface area contributed by atoms with Gasteiger partial charge in [-0.1, -0.05) is 0 Å². The molecule has 0 spiro atoms. The fourth-order valence-electron chi connectivity index (χ4n) is 8.61. The number of hydrogen-bond acceptors (Lipinski definition) is 0. The van der Waals surface area contributed by atoms with E-state index in [0.717, 1.165) is 29.3 Å². The van der Waals surface area contributed by atoms with Crippen molar-refractivity contribution in [3.8, 4) is 0 Å². The average molecular weight is 641 g/mol. The van der Waals surface area contributed by atoms with Crippen LogP contribution >= 0.6 is 31.2 Å². The van der Waals surface area contributed by atoms with Crippen LogP contribution in [-0.2, 0) is 0 Å². The molecule has 0 amide bonds. The summed E-state index contributed by atoms with van der Waals surface area (Å²) < 4.78 is 0. The molecule has 0 heterocycles. The van der Waals surface area contributed by atoms with E-state index in [1.165, 1.54) is 70.6 Å². The van der Waals surface area contributed by atoms with Crippen LogP contribution in [0.1, 0.15) is 84.5 Å². The maximum atomic E-state index is 2.49. The van der Waals surface area contributed by atoms with Crippen LogP contribution in [-0.4, -0.2) is 5.66 Å². The van der Waals surface area contributed by atoms with E-state index in [-0.39, 0.29) is 24.0 Å². The van der Waals surface area contributed by atoms with E-state index < -0.39 is 7.26 Å². The minimum Gasteiger partial charge on any atom is -0.107 e. The quantitative estimate of drug-likeness (QED) is 0.162. The van der Waals surface area contributed by atoms with Crippen LogP contribution in [0.2, 0.25) is 0 Å². The smallest absolute Gasteiger partial charge is 0.107 e. The Morgan fingerprint density at radius 1 is 0.579 bits per heavy atom. The summed E-state index contributed by atoms with van der Waals surface area (Å²) in [6.45, 7) is 4.85. The van der Waals surface area contributed by atoms with Crippen molar-refractivity contribution in [2.24, 2.45) is 23.7 Å². The summed E-state index contributed by atoms with van der Waals surface area (Å²) in [4.78, 5) is 0. The van der Waals surface area contributed by atoms with E-state index in [0.29, 0.717) is 0 Å². The molecule has 0 aliphatic heterocycles. The van der Waals surface area contributed by atoms with Crippen molar-refractivity contribution in [2.75, 3.05) is 0 Å². The van der Waals surface area contributed by atoms with Crippen molar-refractivity contribution in [2.45, 2.75) is 90.1 Å². The molecule has 2 fully saturated rings. The fraction of sp³-hybridized carbons (Fsp3) is 0.500. The van der Waals surface area contributed by atoms with Gasteiger partial charge in [0.15, 0.2) is 0 Å². The monoisotopic (exact) mass is 640 g/mol. The Hall–Kier alpha value is -1.18. The van der Waals surface area contributed by atoms with Gasteiger partial charge >= 0.3 is 228 Å². The first-order chi connectivity index (χ1) is 18.3. The third-order valence-electron chi connectivity index (χ3n) is 10.3. The molecule has 0 aromatic heterocycles. The molecular formula is C36H50IP. The zero-order chi connectivity index (χ0) is 25.5. The molecule has 206 valence electrons. The molecule has 5 rings (SSSR count). The van der Waals surface area contributed by atoms with E-state index in [9.17, 15) is 0 Å². The van der Waals surface area contributed by atoms with Crippen LogP contribution in [0.25, 0.3) is 0 Å². The van der Waals surface area contributed by atoms with E-state index in [1.54, 1.807) is 15.9 Å². The summed E-state index contributed by atoms with van der Waals surface area (Å²) in [5.41, 5.74) is 0.723. The van der Waals surface area contributed by atoms with Crippen LogP contribution in [0.3, 0.4) is 0 Å². The maximum Gasteiger partial charge on any atom is -0.107 e. The van der Waals surface area contributed by atoms with E-state index in [4.69, 9.17) is 0 Å². The van der Waals surface area contributed by atoms with Crippen molar-refractivity contribution < 1.29 is 0 Å². The molecule has 3 aromatic rings. The van der Waals surface area contributed by atoms with Gasteiger partial charge in [-0.3, -0.25) is 0 Å². The molecule has 0 radical (unpaired) electrons. The standard InChI is InChI=1S/C36H49P.HI/c1-3-14-29-21-23-30(24-22-29)31-25-27-32(28-26-31)36(4-2)37(33-15-8-5-9-16-33,34-17-10-6-11-18-34)35-19-12-7-13-20-35;/h5-13,15-20,29-32,36-37H,3-4,14,21-28H2,1-2H3;1H/t29-,30-,31-,32-,36?;. The first kappa shape index (κ1) is 29.8. The Bertz CT molecular complexity index is 954. The van der Waals surface area contributed by atoms with E-state index >= 15 is 0 Å². The molecule has 1 unspecified atom stereocenters. The van der Waals surface area contributed by atoms with Crippen molar-refractivity contribution in [3.05, 3.63) is 91.0 Å². The first-order valence-corrected chi connectivity index (χ1v) is 17.5. The summed E-state index contributed by atoms with van der Waals surface area (Å²) in [5.74, 6) is 3.84. The Kier molecular flexibility index (Phi) is 11.3. The van der Waals surface area contributed by atoms with Gasteiger partial charge in [-0.15, -0.1) is 24.0 Å². The normalized spacial score (nSPS) is 25.2. The van der Waals surface area contributed by atoms with Crippen molar-refractivity contribution >= 4 is 47.2 Å². The largest absolute Gasteiger partial charge is 0.107 e. The molecule has 0 nitrogen and oxygen atoms in total. The molecule has 38 heavy (non-hydrogen) atoms. The van der Waals surface area contributed by atoms with Gasteiger partial charge in [0.1, 0.15) is 0 Å². The summed E-state index contributed by atoms with van der Waals surface area (Å²) in [6, 6.07) is 35.0. The van der Waals surface area contributed by atoms with Gasteiger partial charge in [-0.2, -0.15) is 0 Å². The van der Waals surface area contributed by atoms with Crippen LogP contribution < -0.4 is 15.9 Å². The van der Waals surface area contributed by atoms with Gasteiger partial charge in [0, 0.05) is 0 Å². The first-order valence-electron chi connectivity index (χ1n) is 15.4. The number of halogens is 1. The van der Waals surface area contributed by atoms with Crippen LogP contribution in [0.5, 0.6) is 0 Å². The molecule has 0 N–H and O–H groups in total. The molecule has 2 saturated carbocycles. The van der Waals surface area contributed by atoms with Gasteiger partial charge in [0.05, 0.1) is 0 Å². The van der Waals surface area contributed by atoms with Crippen molar-refractivity contribution in [1.29, 1.82) is 0 Å². The number of hydrogen-bond donors (Lipinski definition) is 0. The second-order valence-electron chi connectivity index (χ2n) is 12.2. The molecule has 2 heteroatoms. The molecular weight excluding hydrogens is 590 g/mol. The van der Waals surface area contributed by atoms with Crippen molar-refractivity contribution in [3.63, 3.8) is 0 Å². The van der Waals surface area contributed by atoms with Gasteiger partial charge in [-0.05, 0) is 0 Å². The third-order valence-corrected chi connectivity index (χ3v) is 16.0. The van der Waals surface area contributed by atoms with Gasteiger partial charge in [-0.25, -0.2) is 0 Å². The predicted octanol–water partition coefficient (Wildman–Crippen LogP) is 9.52. The minimum atomic E-state index is -2.22. The second kappa shape index (κ2) is 14.5. The van der Waals surface area contributed by atoms with Crippen LogP contribution in [0, 0.1) is 23.7 Å². The zero-order valence-corrected chi connectivity index (χ0v) is 27.1. The van der Waals surface area contributed by atoms with E-state index in [2.05, 4.69) is 105 Å². The predicted molar refractivity (Wildman–Crippen MR) is 182 cm³/mol. The Morgan fingerprint density at radius 3 is 1.34 bits per heavy atom. The SMILES string of the molecule is CCC[C@H]1CC[C@H]([C@H]2CC[C@H](C(CC)[PH](c3ccccc3)(c3ccccc3)c3ccccc3)CC2)CC1.I. The van der Waals surface area contributed by atoms with Crippen LogP contribution in [0.4, 0.5) is 0 Å². The fourth-order valence-corrected chi connectivity index (χ4v) is 14.7. The molecule has 0 bridgehead atoms. The number of rotatable bonds is 9. The van der Waals surface area contributed by atoms with Gasteiger partial charge in [0.2, 0.25) is 0 Å². The summed E-state index contributed by atoms with van der Waals surface area (Å²) in [5, 5.41) is 4.78. The van der Waals surface area contributed by atoms with Crippen molar-refractivity contribution in [1.82, 2.24) is 0 Å². The average Bonchev–Trinajstić information content (AvgIpc) is 2.98. The van der Waals surface area contributed by atoms with Gasteiger partial charge in [0.25, 0.3) is 0 Å². The molecule has 1 atom stereocenters. The second-order valence-corrected chi connectivity index (χ2v) is 16.3. The summed E-state index contributed by atoms with van der Waals surface area (Å²) in [7, 11) is -2.22. The van der Waals surface area contributed by atoms with Gasteiger partial charge < -0.3 is 0 Å². The summed E-state index contributed by atoms with van der Waals surface area (Å²) >= 11 is 0. The Balaban J connectivity index is 0.00000336. The Morgan fingerprint density at radius 2 is 0.974 bits per heavy atom. The molecule has 3 aromatic carbocycles. The van der Waals surface area contributed by atoms with E-state index in [1.807, 2.05) is 0 Å². The zero-order valence-electron chi connectivity index (χ0n) is 23.7. The third kappa shape index (κ3) is 6.25. The van der Waals surface area contributed by atoms with Crippen LogP contribution in [0.15, 0.2) is 91.0 Å². The summed E-state index contributed by atoms with van der Waals surface area (Å²) in [6.07, 6.45) is 15.9. The minimum absolute atomic E-state index is 0. The number of benzene rings is 3. The molecule has 2 aliphatic carbocycles. The molecule has 2 aliphatic rings. The topological polar surface area (TPSA) is 0 Å². The Labute approximate surface area is 250 Å².